The van der Waals surface area contributed by atoms with Crippen LogP contribution in [0.3, 0.4) is 0 Å². The van der Waals surface area contributed by atoms with Gasteiger partial charge in [0.05, 0.1) is 24.3 Å². The van der Waals surface area contributed by atoms with Crippen LogP contribution in [0.15, 0.2) is 42.9 Å². The summed E-state index contributed by atoms with van der Waals surface area (Å²) < 4.78 is 2.30. The molecule has 0 radical (unpaired) electrons. The summed E-state index contributed by atoms with van der Waals surface area (Å²) in [7, 11) is 2.19. The van der Waals surface area contributed by atoms with Gasteiger partial charge in [0.15, 0.2) is 0 Å². The highest BCUT2D eigenvalue weighted by Gasteiger charge is 2.28. The van der Waals surface area contributed by atoms with Gasteiger partial charge in [-0.15, -0.1) is 0 Å². The highest BCUT2D eigenvalue weighted by Crippen LogP contribution is 2.31. The van der Waals surface area contributed by atoms with E-state index in [-0.39, 0.29) is 6.04 Å². The fourth-order valence-electron chi connectivity index (χ4n) is 3.42. The van der Waals surface area contributed by atoms with Gasteiger partial charge in [0.25, 0.3) is 0 Å². The Hall–Kier alpha value is -1.65. The maximum atomic E-state index is 6.47. The molecular weight excluding hydrogens is 260 g/mol. The molecule has 3 atom stereocenters. The van der Waals surface area contributed by atoms with Gasteiger partial charge in [-0.3, -0.25) is 0 Å². The first-order chi connectivity index (χ1) is 10.2. The molecule has 1 saturated heterocycles. The summed E-state index contributed by atoms with van der Waals surface area (Å²) in [5, 5.41) is 0. The number of aromatic nitrogens is 2. The van der Waals surface area contributed by atoms with Crippen molar-refractivity contribution < 1.29 is 0 Å². The molecule has 4 heteroatoms. The normalized spacial score (nSPS) is 24.9. The Labute approximate surface area is 126 Å². The molecule has 1 fully saturated rings. The molecule has 112 valence electrons. The van der Waals surface area contributed by atoms with Crippen molar-refractivity contribution in [1.82, 2.24) is 14.5 Å². The Bertz CT molecular complexity index is 577. The molecule has 4 nitrogen and oxygen atoms in total. The summed E-state index contributed by atoms with van der Waals surface area (Å²) in [6, 6.07) is 10.6. The number of nitrogens with two attached hydrogens (primary N) is 1. The molecule has 1 aliphatic rings. The average molecular weight is 284 g/mol. The zero-order valence-corrected chi connectivity index (χ0v) is 12.8. The Morgan fingerprint density at radius 1 is 1.29 bits per heavy atom. The van der Waals surface area contributed by atoms with E-state index in [4.69, 9.17) is 5.73 Å². The standard InChI is InChI=1S/C17H24N4/c1-13-11-20(2)9-8-15(13)21-12-19-10-16(21)17(18)14-6-4-3-5-7-14/h3-7,10,12-13,15,17H,8-9,11,18H2,1-2H3. The number of benzene rings is 1. The smallest absolute Gasteiger partial charge is 0.0951 e. The van der Waals surface area contributed by atoms with Gasteiger partial charge in [0.2, 0.25) is 0 Å². The van der Waals surface area contributed by atoms with E-state index in [1.807, 2.05) is 30.7 Å². The number of piperidine rings is 1. The van der Waals surface area contributed by atoms with Crippen LogP contribution in [0, 0.1) is 5.92 Å². The van der Waals surface area contributed by atoms with Gasteiger partial charge in [-0.1, -0.05) is 37.3 Å². The second-order valence-corrected chi connectivity index (χ2v) is 6.21. The predicted molar refractivity (Wildman–Crippen MR) is 85.0 cm³/mol. The largest absolute Gasteiger partial charge is 0.329 e. The minimum absolute atomic E-state index is 0.111. The van der Waals surface area contributed by atoms with Crippen LogP contribution in [0.25, 0.3) is 0 Å². The maximum absolute atomic E-state index is 6.47. The van der Waals surface area contributed by atoms with E-state index < -0.39 is 0 Å². The predicted octanol–water partition coefficient (Wildman–Crippen LogP) is 2.44. The third-order valence-corrected chi connectivity index (χ3v) is 4.59. The summed E-state index contributed by atoms with van der Waals surface area (Å²) in [6.45, 7) is 4.58. The van der Waals surface area contributed by atoms with E-state index in [0.717, 1.165) is 30.8 Å². The molecule has 3 rings (SSSR count). The number of nitrogens with zero attached hydrogens (tertiary/aromatic N) is 3. The number of imidazole rings is 1. The van der Waals surface area contributed by atoms with E-state index in [9.17, 15) is 0 Å². The number of likely N-dealkylation sites (tertiary alicyclic amines) is 1. The molecule has 0 spiro atoms. The van der Waals surface area contributed by atoms with Crippen LogP contribution < -0.4 is 5.73 Å². The molecule has 2 N–H and O–H groups in total. The molecule has 0 bridgehead atoms. The molecule has 2 aromatic rings. The van der Waals surface area contributed by atoms with Gasteiger partial charge < -0.3 is 15.2 Å². The topological polar surface area (TPSA) is 47.1 Å². The van der Waals surface area contributed by atoms with Crippen molar-refractivity contribution in [2.24, 2.45) is 11.7 Å². The first kappa shape index (κ1) is 14.3. The lowest BCUT2D eigenvalue weighted by molar-refractivity contribution is 0.156. The molecule has 21 heavy (non-hydrogen) atoms. The van der Waals surface area contributed by atoms with Crippen LogP contribution in [0.4, 0.5) is 0 Å². The summed E-state index contributed by atoms with van der Waals surface area (Å²) in [5.74, 6) is 0.611. The van der Waals surface area contributed by atoms with E-state index >= 15 is 0 Å². The van der Waals surface area contributed by atoms with E-state index in [2.05, 4.69) is 40.6 Å². The van der Waals surface area contributed by atoms with Crippen molar-refractivity contribution in [2.45, 2.75) is 25.4 Å². The first-order valence-corrected chi connectivity index (χ1v) is 7.67. The SMILES string of the molecule is CC1CN(C)CCC1n1cncc1C(N)c1ccccc1. The quantitative estimate of drug-likeness (QED) is 0.941. The first-order valence-electron chi connectivity index (χ1n) is 7.67. The van der Waals surface area contributed by atoms with E-state index in [1.165, 1.54) is 0 Å². The molecule has 0 saturated carbocycles. The van der Waals surface area contributed by atoms with Gasteiger partial charge in [-0.05, 0) is 31.5 Å². The molecule has 1 aromatic carbocycles. The number of rotatable bonds is 3. The van der Waals surface area contributed by atoms with Crippen LogP contribution in [-0.2, 0) is 0 Å². The van der Waals surface area contributed by atoms with Crippen LogP contribution in [0.2, 0.25) is 0 Å². The Morgan fingerprint density at radius 3 is 2.76 bits per heavy atom. The fourth-order valence-corrected chi connectivity index (χ4v) is 3.42. The van der Waals surface area contributed by atoms with Gasteiger partial charge in [-0.25, -0.2) is 4.98 Å². The molecule has 0 amide bonds. The average Bonchev–Trinajstić information content (AvgIpc) is 2.96. The molecular formula is C17H24N4. The molecule has 2 heterocycles. The zero-order chi connectivity index (χ0) is 14.8. The number of hydrogen-bond donors (Lipinski definition) is 1. The van der Waals surface area contributed by atoms with Crippen molar-refractivity contribution in [2.75, 3.05) is 20.1 Å². The molecule has 3 unspecified atom stereocenters. The Kier molecular flexibility index (Phi) is 4.08. The second kappa shape index (κ2) is 6.00. The van der Waals surface area contributed by atoms with Gasteiger partial charge in [0.1, 0.15) is 0 Å². The second-order valence-electron chi connectivity index (χ2n) is 6.21. The number of hydrogen-bond acceptors (Lipinski definition) is 3. The summed E-state index contributed by atoms with van der Waals surface area (Å²) in [5.41, 5.74) is 8.72. The van der Waals surface area contributed by atoms with Crippen LogP contribution >= 0.6 is 0 Å². The molecule has 1 aliphatic heterocycles. The van der Waals surface area contributed by atoms with Gasteiger partial charge in [-0.2, -0.15) is 0 Å². The van der Waals surface area contributed by atoms with Crippen LogP contribution in [0.1, 0.15) is 36.7 Å². The summed E-state index contributed by atoms with van der Waals surface area (Å²) in [6.07, 6.45) is 5.02. The molecule has 0 aliphatic carbocycles. The third kappa shape index (κ3) is 2.87. The fraction of sp³-hybridized carbons (Fsp3) is 0.471. The van der Waals surface area contributed by atoms with E-state index in [1.54, 1.807) is 0 Å². The van der Waals surface area contributed by atoms with Crippen LogP contribution in [0.5, 0.6) is 0 Å². The Morgan fingerprint density at radius 2 is 2.05 bits per heavy atom. The zero-order valence-electron chi connectivity index (χ0n) is 12.8. The molecule has 1 aromatic heterocycles. The van der Waals surface area contributed by atoms with Crippen molar-refractivity contribution in [3.63, 3.8) is 0 Å². The van der Waals surface area contributed by atoms with Crippen molar-refractivity contribution in [1.29, 1.82) is 0 Å². The van der Waals surface area contributed by atoms with Gasteiger partial charge >= 0.3 is 0 Å². The minimum Gasteiger partial charge on any atom is -0.329 e. The van der Waals surface area contributed by atoms with Crippen molar-refractivity contribution >= 4 is 0 Å². The lowest BCUT2D eigenvalue weighted by Crippen LogP contribution is -2.38. The lowest BCUT2D eigenvalue weighted by Gasteiger charge is -2.36. The summed E-state index contributed by atoms with van der Waals surface area (Å²) >= 11 is 0. The highest BCUT2D eigenvalue weighted by atomic mass is 15.2. The van der Waals surface area contributed by atoms with Crippen LogP contribution in [-0.4, -0.2) is 34.6 Å². The third-order valence-electron chi connectivity index (χ3n) is 4.59. The minimum atomic E-state index is -0.111. The highest BCUT2D eigenvalue weighted by molar-refractivity contribution is 5.26. The van der Waals surface area contributed by atoms with Crippen molar-refractivity contribution in [3.05, 3.63) is 54.1 Å². The maximum Gasteiger partial charge on any atom is 0.0951 e. The lowest BCUT2D eigenvalue weighted by atomic mass is 9.93. The Balaban J connectivity index is 1.87. The van der Waals surface area contributed by atoms with Crippen molar-refractivity contribution in [3.8, 4) is 0 Å². The van der Waals surface area contributed by atoms with E-state index in [0.29, 0.717) is 12.0 Å². The van der Waals surface area contributed by atoms with Gasteiger partial charge in [0, 0.05) is 12.6 Å². The monoisotopic (exact) mass is 284 g/mol. The summed E-state index contributed by atoms with van der Waals surface area (Å²) in [4.78, 5) is 6.76.